The molecule has 0 bridgehead atoms. The number of hydrogen-bond acceptors (Lipinski definition) is 3. The minimum atomic E-state index is -2.72. The quantitative estimate of drug-likeness (QED) is 0.653. The Morgan fingerprint density at radius 3 is 2.36 bits per heavy atom. The summed E-state index contributed by atoms with van der Waals surface area (Å²) in [7, 11) is -2.72. The average Bonchev–Trinajstić information content (AvgIpc) is 2.03. The highest BCUT2D eigenvalue weighted by Gasteiger charge is 1.92. The molecule has 0 aliphatic rings. The molecule has 0 fully saturated rings. The van der Waals surface area contributed by atoms with Gasteiger partial charge in [-0.2, -0.15) is 0 Å². The van der Waals surface area contributed by atoms with E-state index >= 15 is 0 Å². The van der Waals surface area contributed by atoms with E-state index in [1.807, 2.05) is 18.2 Å². The zero-order valence-electron chi connectivity index (χ0n) is 5.77. The van der Waals surface area contributed by atoms with Crippen LogP contribution in [0.25, 0.3) is 0 Å². The van der Waals surface area contributed by atoms with Gasteiger partial charge in [0, 0.05) is 0 Å². The summed E-state index contributed by atoms with van der Waals surface area (Å²) in [5.74, 6) is 0. The molecule has 1 rings (SSSR count). The van der Waals surface area contributed by atoms with E-state index in [9.17, 15) is 9.13 Å². The Hall–Kier alpha value is -0.920. The summed E-state index contributed by atoms with van der Waals surface area (Å²) >= 11 is 0. The molecule has 0 aromatic heterocycles. The Balaban J connectivity index is 2.52. The molecule has 0 saturated carbocycles. The lowest BCUT2D eigenvalue weighted by atomic mass is 10.2. The van der Waals surface area contributed by atoms with Crippen molar-refractivity contribution in [3.63, 3.8) is 0 Å². The van der Waals surface area contributed by atoms with Gasteiger partial charge in [0.25, 0.3) is 0 Å². The van der Waals surface area contributed by atoms with Crippen LogP contribution in [0.1, 0.15) is 5.56 Å². The van der Waals surface area contributed by atoms with Crippen molar-refractivity contribution in [2.24, 2.45) is 0 Å². The lowest BCUT2D eigenvalue weighted by Gasteiger charge is -1.93. The van der Waals surface area contributed by atoms with Crippen LogP contribution in [0.3, 0.4) is 0 Å². The van der Waals surface area contributed by atoms with E-state index < -0.39 is 7.91 Å². The summed E-state index contributed by atoms with van der Waals surface area (Å²) in [6.45, 7) is 0.125. The highest BCUT2D eigenvalue weighted by atomic mass is 31.1. The van der Waals surface area contributed by atoms with Gasteiger partial charge in [-0.05, 0) is 5.56 Å². The minimum absolute atomic E-state index is 0.125. The van der Waals surface area contributed by atoms with E-state index in [1.54, 1.807) is 12.1 Å². The molecular weight excluding hydrogens is 163 g/mol. The fraction of sp³-hybridized carbons (Fsp3) is 0.143. The van der Waals surface area contributed by atoms with Crippen molar-refractivity contribution >= 4 is 7.91 Å². The van der Waals surface area contributed by atoms with Crippen LogP contribution in [0.15, 0.2) is 30.3 Å². The second-order valence-corrected chi connectivity index (χ2v) is 2.69. The van der Waals surface area contributed by atoms with Crippen molar-refractivity contribution in [2.75, 3.05) is 0 Å². The molecule has 0 atom stereocenters. The van der Waals surface area contributed by atoms with Crippen molar-refractivity contribution in [2.45, 2.75) is 6.61 Å². The zero-order chi connectivity index (χ0) is 8.10. The topological polar surface area (TPSA) is 43.4 Å². The summed E-state index contributed by atoms with van der Waals surface area (Å²) in [4.78, 5) is 0. The van der Waals surface area contributed by atoms with Crippen molar-refractivity contribution in [1.29, 1.82) is 0 Å². The van der Waals surface area contributed by atoms with E-state index in [2.05, 4.69) is 4.52 Å². The van der Waals surface area contributed by atoms with Crippen LogP contribution in [-0.4, -0.2) is 0 Å². The first kappa shape index (κ1) is 8.18. The molecule has 3 nitrogen and oxygen atoms in total. The Bertz CT molecular complexity index is 271. The minimum Gasteiger partial charge on any atom is -0.266 e. The summed E-state index contributed by atoms with van der Waals surface area (Å²) in [6.07, 6.45) is 0. The molecule has 0 heterocycles. The summed E-state index contributed by atoms with van der Waals surface area (Å²) < 4.78 is 24.4. The standard InChI is InChI=1S/C7H7O3P/c8-11(9)10-6-7-4-2-1-3-5-7/h1-5H,6H2. The monoisotopic (exact) mass is 170 g/mol. The molecule has 4 heteroatoms. The molecule has 0 radical (unpaired) electrons. The van der Waals surface area contributed by atoms with E-state index in [4.69, 9.17) is 0 Å². The van der Waals surface area contributed by atoms with Crippen LogP contribution in [0.2, 0.25) is 0 Å². The van der Waals surface area contributed by atoms with Gasteiger partial charge in [0.15, 0.2) is 0 Å². The molecule has 11 heavy (non-hydrogen) atoms. The van der Waals surface area contributed by atoms with E-state index in [0.29, 0.717) is 0 Å². The van der Waals surface area contributed by atoms with E-state index in [1.165, 1.54) is 0 Å². The van der Waals surface area contributed by atoms with Gasteiger partial charge in [-0.3, -0.25) is 4.52 Å². The maximum atomic E-state index is 9.99. The van der Waals surface area contributed by atoms with Crippen LogP contribution < -0.4 is 0 Å². The van der Waals surface area contributed by atoms with Crippen LogP contribution in [0, 0.1) is 0 Å². The van der Waals surface area contributed by atoms with Crippen LogP contribution in [0.5, 0.6) is 0 Å². The largest absolute Gasteiger partial charge is 0.468 e. The van der Waals surface area contributed by atoms with Gasteiger partial charge in [0.05, 0.1) is 6.61 Å². The molecule has 0 amide bonds. The molecule has 0 N–H and O–H groups in total. The second-order valence-electron chi connectivity index (χ2n) is 1.98. The van der Waals surface area contributed by atoms with Crippen molar-refractivity contribution in [1.82, 2.24) is 0 Å². The first-order valence-corrected chi connectivity index (χ1v) is 4.20. The van der Waals surface area contributed by atoms with Crippen molar-refractivity contribution in [3.05, 3.63) is 35.9 Å². The van der Waals surface area contributed by atoms with Gasteiger partial charge in [-0.25, -0.2) is 9.13 Å². The molecular formula is C7H7O3P. The number of hydrogen-bond donors (Lipinski definition) is 0. The molecule has 1 aromatic rings. The smallest absolute Gasteiger partial charge is 0.266 e. The fourth-order valence-electron chi connectivity index (χ4n) is 0.701. The maximum Gasteiger partial charge on any atom is 0.468 e. The van der Waals surface area contributed by atoms with Gasteiger partial charge < -0.3 is 0 Å². The Kier molecular flexibility index (Phi) is 3.02. The highest BCUT2D eigenvalue weighted by molar-refractivity contribution is 7.24. The maximum absolute atomic E-state index is 9.99. The lowest BCUT2D eigenvalue weighted by molar-refractivity contribution is 0.295. The molecule has 0 aliphatic heterocycles. The van der Waals surface area contributed by atoms with Crippen LogP contribution in [-0.2, 0) is 20.3 Å². The van der Waals surface area contributed by atoms with E-state index in [-0.39, 0.29) is 6.61 Å². The molecule has 58 valence electrons. The fourth-order valence-corrected chi connectivity index (χ4v) is 0.956. The van der Waals surface area contributed by atoms with Crippen molar-refractivity contribution < 1.29 is 13.7 Å². The van der Waals surface area contributed by atoms with Crippen LogP contribution >= 0.6 is 7.91 Å². The SMILES string of the molecule is O=P(=O)OCc1ccccc1. The third-order valence-electron chi connectivity index (χ3n) is 1.18. The van der Waals surface area contributed by atoms with Gasteiger partial charge in [0.1, 0.15) is 0 Å². The third-order valence-corrected chi connectivity index (χ3v) is 1.52. The predicted octanol–water partition coefficient (Wildman–Crippen LogP) is 2.29. The number of rotatable bonds is 3. The van der Waals surface area contributed by atoms with Gasteiger partial charge in [-0.15, -0.1) is 0 Å². The summed E-state index contributed by atoms with van der Waals surface area (Å²) in [5, 5.41) is 0. The van der Waals surface area contributed by atoms with E-state index in [0.717, 1.165) is 5.56 Å². The molecule has 0 aliphatic carbocycles. The van der Waals surface area contributed by atoms with Crippen LogP contribution in [0.4, 0.5) is 0 Å². The first-order chi connectivity index (χ1) is 5.29. The zero-order valence-corrected chi connectivity index (χ0v) is 6.66. The normalized spacial score (nSPS) is 9.45. The molecule has 0 spiro atoms. The second kappa shape index (κ2) is 4.06. The molecule has 0 unspecified atom stereocenters. The average molecular weight is 170 g/mol. The lowest BCUT2D eigenvalue weighted by Crippen LogP contribution is -1.81. The molecule has 1 aromatic carbocycles. The first-order valence-electron chi connectivity index (χ1n) is 3.10. The Labute approximate surface area is 64.9 Å². The molecule has 0 saturated heterocycles. The summed E-state index contributed by atoms with van der Waals surface area (Å²) in [5.41, 5.74) is 0.853. The Morgan fingerprint density at radius 1 is 1.18 bits per heavy atom. The van der Waals surface area contributed by atoms with Crippen molar-refractivity contribution in [3.8, 4) is 0 Å². The van der Waals surface area contributed by atoms with Gasteiger partial charge >= 0.3 is 7.91 Å². The highest BCUT2D eigenvalue weighted by Crippen LogP contribution is 2.10. The predicted molar refractivity (Wildman–Crippen MR) is 39.5 cm³/mol. The Morgan fingerprint density at radius 2 is 1.82 bits per heavy atom. The summed E-state index contributed by atoms with van der Waals surface area (Å²) in [6, 6.07) is 9.13. The third kappa shape index (κ3) is 3.12. The van der Waals surface area contributed by atoms with Gasteiger partial charge in [0.2, 0.25) is 0 Å². The number of benzene rings is 1. The van der Waals surface area contributed by atoms with Gasteiger partial charge in [-0.1, -0.05) is 30.3 Å².